The van der Waals surface area contributed by atoms with Gasteiger partial charge in [0.1, 0.15) is 23.7 Å². The first-order chi connectivity index (χ1) is 21.1. The number of nitriles is 1. The summed E-state index contributed by atoms with van der Waals surface area (Å²) in [6, 6.07) is 19.1. The van der Waals surface area contributed by atoms with Crippen molar-refractivity contribution in [3.05, 3.63) is 117 Å². The highest BCUT2D eigenvalue weighted by molar-refractivity contribution is 7.10. The monoisotopic (exact) mass is 611 g/mol. The van der Waals surface area contributed by atoms with Crippen LogP contribution >= 0.6 is 11.3 Å². The first-order valence-corrected chi connectivity index (χ1v) is 14.8. The van der Waals surface area contributed by atoms with Crippen molar-refractivity contribution in [3.8, 4) is 23.1 Å². The topological polar surface area (TPSA) is 131 Å². The van der Waals surface area contributed by atoms with E-state index in [0.717, 1.165) is 27.9 Å². The van der Waals surface area contributed by atoms with Crippen LogP contribution in [0.25, 0.3) is 11.3 Å². The van der Waals surface area contributed by atoms with Crippen LogP contribution in [0.4, 0.5) is 4.39 Å². The molecule has 2 heterocycles. The summed E-state index contributed by atoms with van der Waals surface area (Å²) < 4.78 is 23.3. The second-order valence-corrected chi connectivity index (χ2v) is 11.7. The number of aliphatic hydroxyl groups is 1. The van der Waals surface area contributed by atoms with Crippen LogP contribution in [-0.4, -0.2) is 32.4 Å². The number of carbonyl (C=O) groups is 1. The zero-order chi connectivity index (χ0) is 31.4. The molecule has 0 aliphatic rings. The lowest BCUT2D eigenvalue weighted by Crippen LogP contribution is -2.38. The smallest absolute Gasteiger partial charge is 0.325 e. The number of nitrogens with two attached hydrogens (primary N) is 1. The number of thiazole rings is 1. The number of aryl methyl sites for hydroxylation is 2. The highest BCUT2D eigenvalue weighted by atomic mass is 32.1. The number of aromatic nitrogens is 4. The minimum Gasteiger partial charge on any atom is -0.425 e. The summed E-state index contributed by atoms with van der Waals surface area (Å²) >= 11 is 1.41. The van der Waals surface area contributed by atoms with Gasteiger partial charge in [0.15, 0.2) is 0 Å². The van der Waals surface area contributed by atoms with Crippen molar-refractivity contribution >= 4 is 17.3 Å². The molecule has 0 amide bonds. The predicted octanol–water partition coefficient (Wildman–Crippen LogP) is 4.53. The van der Waals surface area contributed by atoms with Crippen LogP contribution in [0.15, 0.2) is 78.7 Å². The number of hydrogen-bond acceptors (Lipinski definition) is 8. The Morgan fingerprint density at radius 2 is 1.93 bits per heavy atom. The Morgan fingerprint density at radius 3 is 2.59 bits per heavy atom. The van der Waals surface area contributed by atoms with E-state index in [2.05, 4.69) is 11.2 Å². The van der Waals surface area contributed by atoms with E-state index < -0.39 is 23.3 Å². The molecule has 2 aromatic heterocycles. The molecule has 0 fully saturated rings. The second kappa shape index (κ2) is 12.9. The number of benzene rings is 3. The maximum Gasteiger partial charge on any atom is 0.325 e. The Hall–Kier alpha value is -4.76. The van der Waals surface area contributed by atoms with Crippen LogP contribution in [0.5, 0.6) is 5.75 Å². The Balaban J connectivity index is 1.41. The number of esters is 1. The second-order valence-electron chi connectivity index (χ2n) is 10.8. The highest BCUT2D eigenvalue weighted by Gasteiger charge is 2.41. The van der Waals surface area contributed by atoms with Crippen LogP contribution in [0.2, 0.25) is 0 Å². The Labute approximate surface area is 258 Å². The highest BCUT2D eigenvalue weighted by Crippen LogP contribution is 2.40. The van der Waals surface area contributed by atoms with Crippen molar-refractivity contribution in [1.82, 2.24) is 14.8 Å². The maximum absolute atomic E-state index is 14.4. The number of carbonyl (C=O) groups excluding carboxylic acids is 1. The third kappa shape index (κ3) is 6.58. The number of nitrogens with zero attached hydrogens (tertiary/aromatic N) is 5. The van der Waals surface area contributed by atoms with Gasteiger partial charge in [-0.25, -0.2) is 13.9 Å². The summed E-state index contributed by atoms with van der Waals surface area (Å²) in [5.74, 6) is -0.966. The molecule has 5 rings (SSSR count). The van der Waals surface area contributed by atoms with Gasteiger partial charge in [0.05, 0.1) is 35.4 Å². The van der Waals surface area contributed by atoms with Gasteiger partial charge in [-0.3, -0.25) is 4.79 Å². The van der Waals surface area contributed by atoms with E-state index in [1.54, 1.807) is 41.6 Å². The molecular formula is C33H32FN6O3S+. The minimum atomic E-state index is -1.55. The maximum atomic E-state index is 14.4. The van der Waals surface area contributed by atoms with Gasteiger partial charge in [-0.2, -0.15) is 5.26 Å². The van der Waals surface area contributed by atoms with E-state index in [1.165, 1.54) is 23.5 Å². The van der Waals surface area contributed by atoms with Gasteiger partial charge in [-0.1, -0.05) is 31.2 Å². The van der Waals surface area contributed by atoms with Gasteiger partial charge >= 0.3 is 5.97 Å². The van der Waals surface area contributed by atoms with E-state index >= 15 is 0 Å². The number of halogens is 1. The molecule has 0 saturated heterocycles. The molecule has 44 heavy (non-hydrogen) atoms. The first kappa shape index (κ1) is 30.7. The first-order valence-electron chi connectivity index (χ1n) is 14.0. The Morgan fingerprint density at radius 1 is 1.20 bits per heavy atom. The molecule has 0 spiro atoms. The van der Waals surface area contributed by atoms with Crippen LogP contribution in [0, 0.1) is 31.0 Å². The molecule has 5 aromatic rings. The van der Waals surface area contributed by atoms with Gasteiger partial charge in [-0.05, 0) is 72.5 Å². The summed E-state index contributed by atoms with van der Waals surface area (Å²) in [7, 11) is 0. The molecule has 11 heteroatoms. The average molecular weight is 612 g/mol. The summed E-state index contributed by atoms with van der Waals surface area (Å²) in [5.41, 5.74) is 9.01. The number of hydrogen-bond donors (Lipinski definition) is 2. The van der Waals surface area contributed by atoms with Crippen molar-refractivity contribution < 1.29 is 23.6 Å². The molecular weight excluding hydrogens is 579 g/mol. The largest absolute Gasteiger partial charge is 0.425 e. The van der Waals surface area contributed by atoms with Crippen LogP contribution in [0.1, 0.15) is 45.7 Å². The molecule has 0 aliphatic heterocycles. The van der Waals surface area contributed by atoms with Crippen molar-refractivity contribution in [2.24, 2.45) is 5.73 Å². The van der Waals surface area contributed by atoms with Gasteiger partial charge in [0, 0.05) is 22.0 Å². The van der Waals surface area contributed by atoms with E-state index in [1.807, 2.05) is 55.0 Å². The summed E-state index contributed by atoms with van der Waals surface area (Å²) in [4.78, 5) is 16.5. The van der Waals surface area contributed by atoms with Gasteiger partial charge in [-0.15, -0.1) is 16.0 Å². The van der Waals surface area contributed by atoms with Gasteiger partial charge in [0.25, 0.3) is 6.33 Å². The molecule has 3 N–H and O–H groups in total. The fourth-order valence-corrected chi connectivity index (χ4v) is 6.18. The molecule has 0 aliphatic carbocycles. The summed E-state index contributed by atoms with van der Waals surface area (Å²) in [6.45, 7) is 5.94. The van der Waals surface area contributed by atoms with Crippen molar-refractivity contribution in [3.63, 3.8) is 0 Å². The Kier molecular flexibility index (Phi) is 8.96. The third-order valence-corrected chi connectivity index (χ3v) is 8.57. The van der Waals surface area contributed by atoms with E-state index in [9.17, 15) is 14.3 Å². The SMILES string of the molecule is Cc1cc(C[n+]2cnn(CC(O)(c3cccc(F)c3)C(C)c3nc(-c4ccc(C#N)cc4)cs3)c2)cc(C)c1OC(=O)CN. The van der Waals surface area contributed by atoms with E-state index in [4.69, 9.17) is 20.7 Å². The molecule has 0 radical (unpaired) electrons. The van der Waals surface area contributed by atoms with Crippen molar-refractivity contribution in [2.45, 2.75) is 45.4 Å². The van der Waals surface area contributed by atoms with Crippen LogP contribution in [-0.2, 0) is 23.5 Å². The lowest BCUT2D eigenvalue weighted by Gasteiger charge is -2.31. The van der Waals surface area contributed by atoms with Crippen molar-refractivity contribution in [2.75, 3.05) is 6.54 Å². The van der Waals surface area contributed by atoms with Gasteiger partial charge in [0.2, 0.25) is 6.33 Å². The third-order valence-electron chi connectivity index (χ3n) is 7.54. The molecule has 2 atom stereocenters. The Bertz CT molecular complexity index is 1820. The molecule has 9 nitrogen and oxygen atoms in total. The minimum absolute atomic E-state index is 0.0441. The molecule has 3 aromatic carbocycles. The quantitative estimate of drug-likeness (QED) is 0.135. The van der Waals surface area contributed by atoms with Crippen LogP contribution in [0.3, 0.4) is 0 Å². The standard InChI is InChI=1S/C33H32FN6O3S/c1-21-11-25(12-22(2)31(21)43-30(41)15-36)16-39-19-37-40(20-39)18-33(42,27-5-4-6-28(34)13-27)23(3)32-38-29(17-44-32)26-9-7-24(14-35)8-10-26/h4-13,17,19-20,23,42H,15-16,18,36H2,1-3H3/q+1. The summed E-state index contributed by atoms with van der Waals surface area (Å²) in [5, 5.41) is 28.5. The van der Waals surface area contributed by atoms with E-state index in [-0.39, 0.29) is 13.1 Å². The fraction of sp³-hybridized carbons (Fsp3) is 0.242. The number of rotatable bonds is 10. The molecule has 224 valence electrons. The number of ether oxygens (including phenoxy) is 1. The van der Waals surface area contributed by atoms with Gasteiger partial charge < -0.3 is 15.6 Å². The van der Waals surface area contributed by atoms with Crippen molar-refractivity contribution in [1.29, 1.82) is 5.26 Å². The normalized spacial score (nSPS) is 13.2. The molecule has 2 unspecified atom stereocenters. The molecule has 0 bridgehead atoms. The fourth-order valence-electron chi connectivity index (χ4n) is 5.21. The summed E-state index contributed by atoms with van der Waals surface area (Å²) in [6.07, 6.45) is 3.45. The average Bonchev–Trinajstić information content (AvgIpc) is 3.68. The lowest BCUT2D eigenvalue weighted by atomic mass is 9.82. The van der Waals surface area contributed by atoms with Crippen LogP contribution < -0.4 is 15.0 Å². The zero-order valence-electron chi connectivity index (χ0n) is 24.6. The molecule has 0 saturated carbocycles. The lowest BCUT2D eigenvalue weighted by molar-refractivity contribution is -0.689. The predicted molar refractivity (Wildman–Crippen MR) is 163 cm³/mol. The zero-order valence-corrected chi connectivity index (χ0v) is 25.4. The van der Waals surface area contributed by atoms with E-state index in [0.29, 0.717) is 28.4 Å².